The van der Waals surface area contributed by atoms with E-state index in [1.807, 2.05) is 18.9 Å². The van der Waals surface area contributed by atoms with Gasteiger partial charge in [-0.3, -0.25) is 14.4 Å². The summed E-state index contributed by atoms with van der Waals surface area (Å²) in [6.45, 7) is 2.35. The van der Waals surface area contributed by atoms with Gasteiger partial charge in [0.05, 0.1) is 12.1 Å². The number of nitrogens with zero attached hydrogens (tertiary/aromatic N) is 5. The largest absolute Gasteiger partial charge is 0.343 e. The Morgan fingerprint density at radius 2 is 2.04 bits per heavy atom. The molecule has 128 valence electrons. The maximum atomic E-state index is 13.1. The number of amides is 1. The lowest BCUT2D eigenvalue weighted by Crippen LogP contribution is -2.46. The molecule has 0 unspecified atom stereocenters. The Morgan fingerprint density at radius 3 is 2.72 bits per heavy atom. The number of amidine groups is 1. The Hall–Kier alpha value is -2.61. The Morgan fingerprint density at radius 1 is 1.28 bits per heavy atom. The van der Waals surface area contributed by atoms with Crippen LogP contribution in [0.25, 0.3) is 6.08 Å². The van der Waals surface area contributed by atoms with Gasteiger partial charge in [0.1, 0.15) is 18.2 Å². The summed E-state index contributed by atoms with van der Waals surface area (Å²) in [5, 5.41) is 4.89. The van der Waals surface area contributed by atoms with E-state index in [0.29, 0.717) is 23.4 Å². The third-order valence-corrected chi connectivity index (χ3v) is 5.34. The number of hydrogen-bond donors (Lipinski definition) is 0. The van der Waals surface area contributed by atoms with Crippen LogP contribution in [0.5, 0.6) is 0 Å². The summed E-state index contributed by atoms with van der Waals surface area (Å²) >= 11 is 1.49. The summed E-state index contributed by atoms with van der Waals surface area (Å²) in [5.74, 6) is 0.260. The first kappa shape index (κ1) is 15.9. The molecule has 1 amide bonds. The monoisotopic (exact) mass is 357 g/mol. The lowest BCUT2D eigenvalue weighted by molar-refractivity contribution is -0.122. The molecular weight excluding hydrogens is 341 g/mol. The molecular formula is C17H16FN5OS. The number of rotatable bonds is 2. The second-order valence-corrected chi connectivity index (χ2v) is 6.81. The van der Waals surface area contributed by atoms with Gasteiger partial charge in [0.25, 0.3) is 5.91 Å². The minimum absolute atomic E-state index is 0.127. The topological polar surface area (TPSA) is 53.7 Å². The van der Waals surface area contributed by atoms with Gasteiger partial charge in [0, 0.05) is 24.0 Å². The molecule has 8 heteroatoms. The highest BCUT2D eigenvalue weighted by Gasteiger charge is 2.35. The number of aryl methyl sites for hydroxylation is 1. The van der Waals surface area contributed by atoms with Crippen LogP contribution >= 0.6 is 11.8 Å². The van der Waals surface area contributed by atoms with Crippen LogP contribution in [0.15, 0.2) is 41.2 Å². The fourth-order valence-corrected chi connectivity index (χ4v) is 3.69. The molecule has 4 rings (SSSR count). The van der Waals surface area contributed by atoms with Gasteiger partial charge in [0.15, 0.2) is 5.17 Å². The zero-order valence-electron chi connectivity index (χ0n) is 13.8. The Bertz CT molecular complexity index is 902. The van der Waals surface area contributed by atoms with Crippen LogP contribution in [0.1, 0.15) is 11.3 Å². The number of benzene rings is 1. The zero-order valence-corrected chi connectivity index (χ0v) is 14.6. The standard InChI is InChI=1S/C17H16FN5OS/c1-11-12(8-19-21(11)2)7-15-16(24)23-9-22(10-25-17(23)20-15)14-5-3-13(18)4-6-14/h3-8H,9-10H2,1-2H3. The van der Waals surface area contributed by atoms with Crippen molar-refractivity contribution in [2.45, 2.75) is 6.92 Å². The van der Waals surface area contributed by atoms with Crippen LogP contribution in [0.2, 0.25) is 0 Å². The maximum Gasteiger partial charge on any atom is 0.280 e. The second-order valence-electron chi connectivity index (χ2n) is 5.90. The highest BCUT2D eigenvalue weighted by molar-refractivity contribution is 8.14. The number of carbonyl (C=O) groups excluding carboxylic acids is 1. The van der Waals surface area contributed by atoms with E-state index >= 15 is 0 Å². The number of aliphatic imine (C=N–C) groups is 1. The molecule has 2 aliphatic rings. The van der Waals surface area contributed by atoms with Crippen molar-refractivity contribution in [1.82, 2.24) is 14.7 Å². The third kappa shape index (κ3) is 2.82. The number of carbonyl (C=O) groups is 1. The first-order valence-electron chi connectivity index (χ1n) is 7.77. The van der Waals surface area contributed by atoms with E-state index in [4.69, 9.17) is 0 Å². The van der Waals surface area contributed by atoms with Crippen molar-refractivity contribution in [3.05, 3.63) is 53.2 Å². The van der Waals surface area contributed by atoms with Crippen molar-refractivity contribution < 1.29 is 9.18 Å². The van der Waals surface area contributed by atoms with Crippen LogP contribution in [-0.2, 0) is 11.8 Å². The Kier molecular flexibility index (Phi) is 3.84. The quantitative estimate of drug-likeness (QED) is 0.775. The van der Waals surface area contributed by atoms with E-state index in [1.165, 1.54) is 23.9 Å². The molecule has 0 N–H and O–H groups in total. The lowest BCUT2D eigenvalue weighted by atomic mass is 10.2. The summed E-state index contributed by atoms with van der Waals surface area (Å²) in [5.41, 5.74) is 3.15. The van der Waals surface area contributed by atoms with Crippen LogP contribution in [0.3, 0.4) is 0 Å². The van der Waals surface area contributed by atoms with Crippen LogP contribution < -0.4 is 4.90 Å². The molecule has 1 aromatic heterocycles. The SMILES string of the molecule is Cc1c(C=C2N=C3SCN(c4ccc(F)cc4)CN3C2=O)cnn1C. The molecule has 2 aromatic rings. The molecule has 3 heterocycles. The van der Waals surface area contributed by atoms with Crippen molar-refractivity contribution in [2.75, 3.05) is 17.4 Å². The third-order valence-electron chi connectivity index (χ3n) is 4.33. The summed E-state index contributed by atoms with van der Waals surface area (Å²) in [4.78, 5) is 20.8. The number of anilines is 1. The van der Waals surface area contributed by atoms with Gasteiger partial charge in [-0.1, -0.05) is 11.8 Å². The first-order chi connectivity index (χ1) is 12.0. The van der Waals surface area contributed by atoms with Crippen molar-refractivity contribution in [3.63, 3.8) is 0 Å². The van der Waals surface area contributed by atoms with E-state index in [0.717, 1.165) is 16.9 Å². The molecule has 0 saturated carbocycles. The number of aromatic nitrogens is 2. The Labute approximate surface area is 148 Å². The summed E-state index contributed by atoms with van der Waals surface area (Å²) in [7, 11) is 1.86. The molecule has 0 atom stereocenters. The van der Waals surface area contributed by atoms with Gasteiger partial charge in [-0.2, -0.15) is 5.10 Å². The van der Waals surface area contributed by atoms with Gasteiger partial charge in [-0.15, -0.1) is 0 Å². The van der Waals surface area contributed by atoms with E-state index in [2.05, 4.69) is 10.1 Å². The number of fused-ring (bicyclic) bond motifs is 1. The van der Waals surface area contributed by atoms with Crippen molar-refractivity contribution >= 4 is 34.6 Å². The average molecular weight is 357 g/mol. The predicted octanol–water partition coefficient (Wildman–Crippen LogP) is 2.58. The van der Waals surface area contributed by atoms with Crippen molar-refractivity contribution in [3.8, 4) is 0 Å². The highest BCUT2D eigenvalue weighted by atomic mass is 32.2. The predicted molar refractivity (Wildman–Crippen MR) is 96.4 cm³/mol. The molecule has 2 aliphatic heterocycles. The number of halogens is 1. The Balaban J connectivity index is 1.57. The van der Waals surface area contributed by atoms with E-state index in [-0.39, 0.29) is 11.7 Å². The van der Waals surface area contributed by atoms with Gasteiger partial charge < -0.3 is 4.90 Å². The molecule has 25 heavy (non-hydrogen) atoms. The van der Waals surface area contributed by atoms with E-state index in [1.54, 1.807) is 34.0 Å². The highest BCUT2D eigenvalue weighted by Crippen LogP contribution is 2.31. The molecule has 1 fully saturated rings. The smallest absolute Gasteiger partial charge is 0.280 e. The van der Waals surface area contributed by atoms with Crippen LogP contribution in [-0.4, -0.2) is 38.3 Å². The zero-order chi connectivity index (χ0) is 17.6. The van der Waals surface area contributed by atoms with Gasteiger partial charge in [0.2, 0.25) is 0 Å². The molecule has 1 aromatic carbocycles. The minimum atomic E-state index is -0.273. The van der Waals surface area contributed by atoms with Crippen molar-refractivity contribution in [1.29, 1.82) is 0 Å². The molecule has 1 saturated heterocycles. The van der Waals surface area contributed by atoms with Gasteiger partial charge >= 0.3 is 0 Å². The van der Waals surface area contributed by atoms with Crippen molar-refractivity contribution in [2.24, 2.45) is 12.0 Å². The second kappa shape index (κ2) is 6.03. The fraction of sp³-hybridized carbons (Fsp3) is 0.235. The van der Waals surface area contributed by atoms with Gasteiger partial charge in [-0.05, 0) is 37.3 Å². The first-order valence-corrected chi connectivity index (χ1v) is 8.75. The molecule has 6 nitrogen and oxygen atoms in total. The number of thioether (sulfide) groups is 1. The van der Waals surface area contributed by atoms with E-state index in [9.17, 15) is 9.18 Å². The van der Waals surface area contributed by atoms with Gasteiger partial charge in [-0.25, -0.2) is 9.38 Å². The van der Waals surface area contributed by atoms with E-state index < -0.39 is 0 Å². The molecule has 0 aliphatic carbocycles. The molecule has 0 spiro atoms. The summed E-state index contributed by atoms with van der Waals surface area (Å²) < 4.78 is 14.9. The molecule has 0 bridgehead atoms. The normalized spacial score (nSPS) is 18.8. The summed E-state index contributed by atoms with van der Waals surface area (Å²) in [6.07, 6.45) is 3.50. The fourth-order valence-electron chi connectivity index (χ4n) is 2.73. The molecule has 0 radical (unpaired) electrons. The van der Waals surface area contributed by atoms with Crippen LogP contribution in [0, 0.1) is 12.7 Å². The average Bonchev–Trinajstić information content (AvgIpc) is 3.10. The number of hydrogen-bond acceptors (Lipinski definition) is 5. The maximum absolute atomic E-state index is 13.1. The summed E-state index contributed by atoms with van der Waals surface area (Å²) in [6, 6.07) is 6.28. The van der Waals surface area contributed by atoms with Crippen LogP contribution in [0.4, 0.5) is 10.1 Å². The lowest BCUT2D eigenvalue weighted by Gasteiger charge is -2.34. The minimum Gasteiger partial charge on any atom is -0.343 e.